The first kappa shape index (κ1) is 23.2. The molecule has 1 aromatic carbocycles. The molecule has 2 aromatic rings. The van der Waals surface area contributed by atoms with Gasteiger partial charge in [0, 0.05) is 24.9 Å². The van der Waals surface area contributed by atoms with Gasteiger partial charge in [-0.05, 0) is 39.8 Å². The number of aromatic nitrogens is 2. The molecule has 10 heteroatoms. The van der Waals surface area contributed by atoms with Gasteiger partial charge in [0.25, 0.3) is 5.88 Å². The molecular weight excluding hydrogens is 434 g/mol. The number of hydrogen-bond donors (Lipinski definition) is 1. The second kappa shape index (κ2) is 9.09. The van der Waals surface area contributed by atoms with Crippen LogP contribution in [0.15, 0.2) is 24.3 Å². The Morgan fingerprint density at radius 2 is 1.82 bits per heavy atom. The first-order valence-corrected chi connectivity index (χ1v) is 10.9. The van der Waals surface area contributed by atoms with Crippen molar-refractivity contribution in [3.8, 4) is 5.88 Å². The Labute approximate surface area is 191 Å². The Balaban J connectivity index is 1.53. The summed E-state index contributed by atoms with van der Waals surface area (Å²) in [7, 11) is 0. The van der Waals surface area contributed by atoms with Gasteiger partial charge >= 0.3 is 6.09 Å². The van der Waals surface area contributed by atoms with Crippen LogP contribution in [0, 0.1) is 30.4 Å². The van der Waals surface area contributed by atoms with E-state index in [9.17, 15) is 9.18 Å². The van der Waals surface area contributed by atoms with E-state index in [2.05, 4.69) is 15.3 Å². The van der Waals surface area contributed by atoms with Crippen LogP contribution >= 0.6 is 0 Å². The molecule has 2 fully saturated rings. The number of para-hydroxylation sites is 1. The minimum absolute atomic E-state index is 0.0939. The minimum atomic E-state index is -0.808. The maximum absolute atomic E-state index is 15.2. The number of piperidine rings is 1. The molecule has 8 nitrogen and oxygen atoms in total. The van der Waals surface area contributed by atoms with E-state index in [0.29, 0.717) is 26.3 Å². The summed E-state index contributed by atoms with van der Waals surface area (Å²) in [5, 5.41) is 2.68. The lowest BCUT2D eigenvalue weighted by atomic mass is 9.84. The Bertz CT molecular complexity index is 1020. The van der Waals surface area contributed by atoms with E-state index in [1.807, 2.05) is 20.8 Å². The molecular formula is C23H28F2N4O4. The predicted octanol–water partition coefficient (Wildman–Crippen LogP) is 4.07. The maximum Gasteiger partial charge on any atom is 0.410 e. The van der Waals surface area contributed by atoms with Gasteiger partial charge in [0.15, 0.2) is 5.82 Å². The molecule has 3 heterocycles. The number of nitrogens with zero attached hydrogens (tertiary/aromatic N) is 3. The third-order valence-corrected chi connectivity index (χ3v) is 5.46. The van der Waals surface area contributed by atoms with Gasteiger partial charge in [-0.2, -0.15) is 9.37 Å². The molecule has 2 saturated heterocycles. The van der Waals surface area contributed by atoms with E-state index in [-0.39, 0.29) is 35.0 Å². The quantitative estimate of drug-likeness (QED) is 0.733. The van der Waals surface area contributed by atoms with Crippen LogP contribution in [0.5, 0.6) is 5.88 Å². The molecule has 2 aliphatic rings. The van der Waals surface area contributed by atoms with Gasteiger partial charge < -0.3 is 24.4 Å². The van der Waals surface area contributed by atoms with Gasteiger partial charge in [0.1, 0.15) is 23.3 Å². The van der Waals surface area contributed by atoms with Gasteiger partial charge in [-0.25, -0.2) is 14.2 Å². The molecule has 0 saturated carbocycles. The lowest BCUT2D eigenvalue weighted by Gasteiger charge is -2.46. The maximum atomic E-state index is 15.2. The fourth-order valence-corrected chi connectivity index (χ4v) is 4.08. The Kier molecular flexibility index (Phi) is 6.38. The number of hydrogen-bond acceptors (Lipinski definition) is 7. The van der Waals surface area contributed by atoms with E-state index in [4.69, 9.17) is 14.2 Å². The van der Waals surface area contributed by atoms with Gasteiger partial charge in [-0.15, -0.1) is 0 Å². The third kappa shape index (κ3) is 5.32. The number of carbonyl (C=O) groups is 1. The number of rotatable bonds is 4. The largest absolute Gasteiger partial charge is 0.471 e. The normalized spacial score (nSPS) is 22.6. The summed E-state index contributed by atoms with van der Waals surface area (Å²) in [4.78, 5) is 22.4. The molecule has 0 spiro atoms. The number of ether oxygens (including phenoxy) is 3. The Morgan fingerprint density at radius 1 is 1.15 bits per heavy atom. The van der Waals surface area contributed by atoms with Crippen LogP contribution in [0.4, 0.5) is 25.1 Å². The number of amides is 1. The summed E-state index contributed by atoms with van der Waals surface area (Å²) < 4.78 is 46.5. The first-order chi connectivity index (χ1) is 15.6. The molecule has 33 heavy (non-hydrogen) atoms. The summed E-state index contributed by atoms with van der Waals surface area (Å²) in [5.41, 5.74) is -0.504. The van der Waals surface area contributed by atoms with Crippen molar-refractivity contribution in [1.82, 2.24) is 14.9 Å². The summed E-state index contributed by atoms with van der Waals surface area (Å²) in [6, 6.07) is 5.93. The number of anilines is 2. The molecule has 178 valence electrons. The van der Waals surface area contributed by atoms with Crippen molar-refractivity contribution in [2.75, 3.05) is 31.6 Å². The Hall–Kier alpha value is -3.01. The first-order valence-electron chi connectivity index (χ1n) is 10.9. The van der Waals surface area contributed by atoms with Gasteiger partial charge in [-0.3, -0.25) is 0 Å². The van der Waals surface area contributed by atoms with Crippen molar-refractivity contribution >= 4 is 17.6 Å². The highest BCUT2D eigenvalue weighted by molar-refractivity contribution is 5.68. The summed E-state index contributed by atoms with van der Waals surface area (Å²) in [5.74, 6) is -1.80. The van der Waals surface area contributed by atoms with Crippen molar-refractivity contribution in [3.63, 3.8) is 0 Å². The molecule has 1 N–H and O–H groups in total. The number of nitrogens with one attached hydrogen (secondary N) is 1. The standard InChI is InChI=1S/C23H28F2N4O4/c1-13-26-20(28-17-8-6-5-7-16(17)24)18(25)21(27-13)32-19-14-9-29(10-15(19)12-31-11-14)22(30)33-23(2,3)4/h5-8,14-15,19H,9-12H2,1-4H3,(H,26,27,28). The lowest BCUT2D eigenvalue weighted by Crippen LogP contribution is -2.59. The van der Waals surface area contributed by atoms with Crippen molar-refractivity contribution < 1.29 is 27.8 Å². The van der Waals surface area contributed by atoms with Crippen LogP contribution in [0.3, 0.4) is 0 Å². The predicted molar refractivity (Wildman–Crippen MR) is 116 cm³/mol. The van der Waals surface area contributed by atoms with Gasteiger partial charge in [0.05, 0.1) is 18.9 Å². The van der Waals surface area contributed by atoms with Crippen LogP contribution in [0.1, 0.15) is 26.6 Å². The highest BCUT2D eigenvalue weighted by atomic mass is 19.1. The minimum Gasteiger partial charge on any atom is -0.471 e. The molecule has 2 aliphatic heterocycles. The van der Waals surface area contributed by atoms with Crippen LogP contribution in [0.25, 0.3) is 0 Å². The SMILES string of the molecule is Cc1nc(Nc2ccccc2F)c(F)c(OC2C3COCC2CN(C(=O)OC(C)(C)C)C3)n1. The highest BCUT2D eigenvalue weighted by Gasteiger charge is 2.45. The smallest absolute Gasteiger partial charge is 0.410 e. The lowest BCUT2D eigenvalue weighted by molar-refractivity contribution is -0.114. The number of halogens is 2. The average Bonchev–Trinajstić information content (AvgIpc) is 2.71. The van der Waals surface area contributed by atoms with Crippen LogP contribution in [-0.4, -0.2) is 59.0 Å². The van der Waals surface area contributed by atoms with Crippen LogP contribution in [-0.2, 0) is 9.47 Å². The molecule has 0 radical (unpaired) electrons. The van der Waals surface area contributed by atoms with E-state index in [0.717, 1.165) is 0 Å². The van der Waals surface area contributed by atoms with Crippen molar-refractivity contribution in [3.05, 3.63) is 41.7 Å². The summed E-state index contributed by atoms with van der Waals surface area (Å²) in [6.45, 7) is 8.52. The van der Waals surface area contributed by atoms with Crippen LogP contribution in [0.2, 0.25) is 0 Å². The molecule has 2 unspecified atom stereocenters. The number of likely N-dealkylation sites (tertiary alicyclic amines) is 1. The van der Waals surface area contributed by atoms with Crippen molar-refractivity contribution in [1.29, 1.82) is 0 Å². The highest BCUT2D eigenvalue weighted by Crippen LogP contribution is 2.34. The zero-order valence-electron chi connectivity index (χ0n) is 19.1. The van der Waals surface area contributed by atoms with Crippen LogP contribution < -0.4 is 10.1 Å². The fourth-order valence-electron chi connectivity index (χ4n) is 4.08. The van der Waals surface area contributed by atoms with Crippen molar-refractivity contribution in [2.45, 2.75) is 39.4 Å². The Morgan fingerprint density at radius 3 is 2.45 bits per heavy atom. The topological polar surface area (TPSA) is 85.8 Å². The van der Waals surface area contributed by atoms with E-state index < -0.39 is 29.4 Å². The third-order valence-electron chi connectivity index (χ3n) is 5.46. The molecule has 1 aromatic heterocycles. The molecule has 2 atom stereocenters. The molecule has 1 amide bonds. The fraction of sp³-hybridized carbons (Fsp3) is 0.522. The molecule has 2 bridgehead atoms. The zero-order chi connectivity index (χ0) is 23.8. The summed E-state index contributed by atoms with van der Waals surface area (Å²) in [6.07, 6.45) is -0.791. The van der Waals surface area contributed by atoms with E-state index >= 15 is 4.39 Å². The number of fused-ring (bicyclic) bond motifs is 2. The monoisotopic (exact) mass is 462 g/mol. The number of aryl methyl sites for hydroxylation is 1. The van der Waals surface area contributed by atoms with E-state index in [1.54, 1.807) is 24.0 Å². The second-order valence-electron chi connectivity index (χ2n) is 9.37. The summed E-state index contributed by atoms with van der Waals surface area (Å²) >= 11 is 0. The zero-order valence-corrected chi connectivity index (χ0v) is 19.1. The van der Waals surface area contributed by atoms with Gasteiger partial charge in [0.2, 0.25) is 5.82 Å². The molecule has 4 rings (SSSR count). The second-order valence-corrected chi connectivity index (χ2v) is 9.37. The number of benzene rings is 1. The number of carbonyl (C=O) groups excluding carboxylic acids is 1. The van der Waals surface area contributed by atoms with Gasteiger partial charge in [-0.1, -0.05) is 12.1 Å². The van der Waals surface area contributed by atoms with E-state index in [1.165, 1.54) is 12.1 Å². The van der Waals surface area contributed by atoms with Crippen molar-refractivity contribution in [2.24, 2.45) is 11.8 Å². The molecule has 0 aliphatic carbocycles. The average molecular weight is 462 g/mol.